The van der Waals surface area contributed by atoms with Crippen LogP contribution in [0.2, 0.25) is 0 Å². The third kappa shape index (κ3) is 9.07. The highest BCUT2D eigenvalue weighted by Crippen LogP contribution is 2.25. The molecule has 0 unspecified atom stereocenters. The van der Waals surface area contributed by atoms with Gasteiger partial charge in [0.2, 0.25) is 21.8 Å². The molecule has 2 aromatic rings. The molecule has 0 aliphatic carbocycles. The summed E-state index contributed by atoms with van der Waals surface area (Å²) in [6.07, 6.45) is 1.58. The van der Waals surface area contributed by atoms with E-state index in [1.165, 1.54) is 10.6 Å². The van der Waals surface area contributed by atoms with Crippen molar-refractivity contribution in [2.24, 2.45) is 0 Å². The van der Waals surface area contributed by atoms with Crippen LogP contribution >= 0.6 is 0 Å². The van der Waals surface area contributed by atoms with E-state index >= 15 is 0 Å². The quantitative estimate of drug-likeness (QED) is 0.469. The van der Waals surface area contributed by atoms with Crippen LogP contribution in [0.15, 0.2) is 42.5 Å². The van der Waals surface area contributed by atoms with Crippen LogP contribution in [0.3, 0.4) is 0 Å². The number of aryl methyl sites for hydroxylation is 2. The molecule has 2 amide bonds. The highest BCUT2D eigenvalue weighted by Gasteiger charge is 2.29. The Bertz CT molecular complexity index is 1190. The molecule has 0 aromatic heterocycles. The lowest BCUT2D eigenvalue weighted by molar-refractivity contribution is -0.141. The van der Waals surface area contributed by atoms with Crippen LogP contribution in [-0.2, 0) is 26.2 Å². The first-order valence-corrected chi connectivity index (χ1v) is 14.3. The van der Waals surface area contributed by atoms with E-state index in [1.54, 1.807) is 18.9 Å². The number of rotatable bonds is 11. The number of hydrogen-bond acceptors (Lipinski definition) is 5. The van der Waals surface area contributed by atoms with Crippen molar-refractivity contribution in [2.75, 3.05) is 24.2 Å². The third-order valence-electron chi connectivity index (χ3n) is 5.96. The smallest absolute Gasteiger partial charge is 0.242 e. The predicted molar refractivity (Wildman–Crippen MR) is 148 cm³/mol. The standard InChI is InChI=1S/C28H41N3O5S/c1-20-11-12-21(2)25(18-20)31(37(8,34)35)17-9-10-26(32)30(22(3)27(33)29-28(4,5)6)19-23-13-15-24(36-7)16-14-23/h11-16,18,22H,9-10,17,19H2,1-8H3,(H,29,33)/t22-/m1/s1. The number of amides is 2. The van der Waals surface area contributed by atoms with E-state index in [-0.39, 0.29) is 31.3 Å². The van der Waals surface area contributed by atoms with Gasteiger partial charge in [-0.25, -0.2) is 8.42 Å². The van der Waals surface area contributed by atoms with Gasteiger partial charge in [-0.05, 0) is 82.9 Å². The number of sulfonamides is 1. The van der Waals surface area contributed by atoms with Gasteiger partial charge < -0.3 is 15.0 Å². The molecule has 0 aliphatic heterocycles. The number of carbonyl (C=O) groups is 2. The molecule has 1 atom stereocenters. The fourth-order valence-corrected chi connectivity index (χ4v) is 4.97. The first-order valence-electron chi connectivity index (χ1n) is 12.4. The van der Waals surface area contributed by atoms with Gasteiger partial charge >= 0.3 is 0 Å². The Kier molecular flexibility index (Phi) is 10.1. The number of methoxy groups -OCH3 is 1. The minimum absolute atomic E-state index is 0.0974. The molecule has 37 heavy (non-hydrogen) atoms. The molecule has 8 nitrogen and oxygen atoms in total. The summed E-state index contributed by atoms with van der Waals surface area (Å²) in [5.41, 5.74) is 2.83. The second-order valence-electron chi connectivity index (χ2n) is 10.5. The maximum absolute atomic E-state index is 13.4. The van der Waals surface area contributed by atoms with Gasteiger partial charge in [0.1, 0.15) is 11.8 Å². The number of nitrogens with one attached hydrogen (secondary N) is 1. The molecule has 2 aromatic carbocycles. The molecule has 1 N–H and O–H groups in total. The number of anilines is 1. The Labute approximate surface area is 222 Å². The van der Waals surface area contributed by atoms with Gasteiger partial charge in [0.15, 0.2) is 0 Å². The monoisotopic (exact) mass is 531 g/mol. The van der Waals surface area contributed by atoms with Gasteiger partial charge in [0.25, 0.3) is 0 Å². The van der Waals surface area contributed by atoms with Crippen molar-refractivity contribution in [1.82, 2.24) is 10.2 Å². The van der Waals surface area contributed by atoms with E-state index in [0.717, 1.165) is 16.7 Å². The van der Waals surface area contributed by atoms with Gasteiger partial charge in [-0.1, -0.05) is 24.3 Å². The van der Waals surface area contributed by atoms with Crippen LogP contribution in [0, 0.1) is 13.8 Å². The Morgan fingerprint density at radius 1 is 1.05 bits per heavy atom. The average molecular weight is 532 g/mol. The summed E-state index contributed by atoms with van der Waals surface area (Å²) in [5, 5.41) is 2.95. The highest BCUT2D eigenvalue weighted by molar-refractivity contribution is 7.92. The summed E-state index contributed by atoms with van der Waals surface area (Å²) < 4.78 is 31.8. The van der Waals surface area contributed by atoms with Crippen LogP contribution < -0.4 is 14.4 Å². The molecular weight excluding hydrogens is 490 g/mol. The summed E-state index contributed by atoms with van der Waals surface area (Å²) in [5.74, 6) is 0.233. The van der Waals surface area contributed by atoms with E-state index in [0.29, 0.717) is 17.9 Å². The Hall–Kier alpha value is -3.07. The largest absolute Gasteiger partial charge is 0.497 e. The molecule has 0 fully saturated rings. The molecule has 0 spiro atoms. The van der Waals surface area contributed by atoms with Crippen molar-refractivity contribution < 1.29 is 22.7 Å². The molecule has 2 rings (SSSR count). The summed E-state index contributed by atoms with van der Waals surface area (Å²) in [4.78, 5) is 27.9. The summed E-state index contributed by atoms with van der Waals surface area (Å²) in [6, 6.07) is 12.3. The van der Waals surface area contributed by atoms with Crippen molar-refractivity contribution in [1.29, 1.82) is 0 Å². The Morgan fingerprint density at radius 2 is 1.68 bits per heavy atom. The SMILES string of the molecule is COc1ccc(CN(C(=O)CCCN(c2cc(C)ccc2C)S(C)(=O)=O)[C@H](C)C(=O)NC(C)(C)C)cc1. The Balaban J connectivity index is 2.23. The van der Waals surface area contributed by atoms with Gasteiger partial charge in [0, 0.05) is 25.0 Å². The van der Waals surface area contributed by atoms with Crippen LogP contribution in [0.5, 0.6) is 5.75 Å². The second kappa shape index (κ2) is 12.4. The lowest BCUT2D eigenvalue weighted by Crippen LogP contribution is -2.52. The zero-order valence-corrected chi connectivity index (χ0v) is 24.1. The van der Waals surface area contributed by atoms with Crippen molar-refractivity contribution in [2.45, 2.75) is 72.5 Å². The lowest BCUT2D eigenvalue weighted by atomic mass is 10.1. The summed E-state index contributed by atoms with van der Waals surface area (Å²) in [6.45, 7) is 11.6. The van der Waals surface area contributed by atoms with Crippen LogP contribution in [0.1, 0.15) is 57.2 Å². The van der Waals surface area contributed by atoms with E-state index in [9.17, 15) is 18.0 Å². The lowest BCUT2D eigenvalue weighted by Gasteiger charge is -2.32. The summed E-state index contributed by atoms with van der Waals surface area (Å²) in [7, 11) is -1.96. The van der Waals surface area contributed by atoms with E-state index in [2.05, 4.69) is 5.32 Å². The number of nitrogens with zero attached hydrogens (tertiary/aromatic N) is 2. The fraction of sp³-hybridized carbons (Fsp3) is 0.500. The molecule has 0 bridgehead atoms. The highest BCUT2D eigenvalue weighted by atomic mass is 32.2. The molecule has 9 heteroatoms. The van der Waals surface area contributed by atoms with Crippen LogP contribution in [0.25, 0.3) is 0 Å². The second-order valence-corrected chi connectivity index (χ2v) is 12.4. The van der Waals surface area contributed by atoms with Gasteiger partial charge in [-0.3, -0.25) is 13.9 Å². The van der Waals surface area contributed by atoms with Crippen molar-refractivity contribution >= 4 is 27.5 Å². The van der Waals surface area contributed by atoms with Crippen molar-refractivity contribution in [3.05, 3.63) is 59.2 Å². The molecule has 0 heterocycles. The molecule has 0 saturated carbocycles. The zero-order valence-electron chi connectivity index (χ0n) is 23.3. The maximum Gasteiger partial charge on any atom is 0.242 e. The molecule has 0 saturated heterocycles. The van der Waals surface area contributed by atoms with Gasteiger partial charge in [0.05, 0.1) is 19.1 Å². The van der Waals surface area contributed by atoms with Crippen LogP contribution in [-0.4, -0.2) is 56.6 Å². The zero-order chi connectivity index (χ0) is 28.0. The number of ether oxygens (including phenoxy) is 1. The fourth-order valence-electron chi connectivity index (χ4n) is 3.95. The van der Waals surface area contributed by atoms with E-state index in [4.69, 9.17) is 4.74 Å². The van der Waals surface area contributed by atoms with Gasteiger partial charge in [-0.2, -0.15) is 0 Å². The topological polar surface area (TPSA) is 96.0 Å². The third-order valence-corrected chi connectivity index (χ3v) is 7.14. The predicted octanol–water partition coefficient (Wildman–Crippen LogP) is 4.19. The average Bonchev–Trinajstić information content (AvgIpc) is 2.80. The minimum atomic E-state index is -3.55. The maximum atomic E-state index is 13.4. The summed E-state index contributed by atoms with van der Waals surface area (Å²) >= 11 is 0. The van der Waals surface area contributed by atoms with Crippen molar-refractivity contribution in [3.63, 3.8) is 0 Å². The minimum Gasteiger partial charge on any atom is -0.497 e. The van der Waals surface area contributed by atoms with Crippen molar-refractivity contribution in [3.8, 4) is 5.75 Å². The van der Waals surface area contributed by atoms with Crippen LogP contribution in [0.4, 0.5) is 5.69 Å². The van der Waals surface area contributed by atoms with Gasteiger partial charge in [-0.15, -0.1) is 0 Å². The van der Waals surface area contributed by atoms with E-state index < -0.39 is 21.6 Å². The molecular formula is C28H41N3O5S. The molecule has 0 aliphatic rings. The normalized spacial score (nSPS) is 12.5. The number of hydrogen-bond donors (Lipinski definition) is 1. The molecule has 0 radical (unpaired) electrons. The molecule has 204 valence electrons. The van der Waals surface area contributed by atoms with E-state index in [1.807, 2.05) is 77.1 Å². The Morgan fingerprint density at radius 3 is 2.22 bits per heavy atom. The number of benzene rings is 2. The number of carbonyl (C=O) groups excluding carboxylic acids is 2. The first kappa shape index (κ1) is 30.2. The first-order chi connectivity index (χ1) is 17.1.